The summed E-state index contributed by atoms with van der Waals surface area (Å²) < 4.78 is 39.0. The highest BCUT2D eigenvalue weighted by Gasteiger charge is 2.30. The lowest BCUT2D eigenvalue weighted by Gasteiger charge is -2.28. The van der Waals surface area contributed by atoms with Gasteiger partial charge in [0.2, 0.25) is 15.9 Å². The number of carbonyl (C=O) groups excluding carboxylic acids is 2. The predicted octanol–water partition coefficient (Wildman–Crippen LogP) is 2.76. The lowest BCUT2D eigenvalue weighted by molar-refractivity contribution is -0.116. The van der Waals surface area contributed by atoms with Crippen molar-refractivity contribution < 1.29 is 22.4 Å². The molecule has 0 aliphatic carbocycles. The second-order valence-corrected chi connectivity index (χ2v) is 8.36. The Hall–Kier alpha value is -2.94. The molecule has 2 N–H and O–H groups in total. The van der Waals surface area contributed by atoms with Crippen molar-refractivity contribution >= 4 is 33.2 Å². The highest BCUT2D eigenvalue weighted by atomic mass is 32.2. The van der Waals surface area contributed by atoms with Gasteiger partial charge in [-0.3, -0.25) is 13.9 Å². The van der Waals surface area contributed by atoms with Gasteiger partial charge in [0.25, 0.3) is 5.91 Å². The second-order valence-electron chi connectivity index (χ2n) is 6.51. The number of halogens is 1. The zero-order valence-corrected chi connectivity index (χ0v) is 17.3. The average molecular weight is 421 g/mol. The lowest BCUT2D eigenvalue weighted by Crippen LogP contribution is -2.45. The summed E-state index contributed by atoms with van der Waals surface area (Å²) in [5.74, 6) is -1.63. The number of hydrogen-bond acceptors (Lipinski definition) is 4. The molecule has 2 amide bonds. The van der Waals surface area contributed by atoms with Crippen LogP contribution in [-0.2, 0) is 14.8 Å². The van der Waals surface area contributed by atoms with E-state index in [0.29, 0.717) is 6.54 Å². The minimum Gasteiger partial charge on any atom is -0.352 e. The Bertz CT molecular complexity index is 995. The molecule has 7 nitrogen and oxygen atoms in total. The van der Waals surface area contributed by atoms with Gasteiger partial charge in [0.1, 0.15) is 11.9 Å². The largest absolute Gasteiger partial charge is 0.352 e. The average Bonchev–Trinajstić information content (AvgIpc) is 2.65. The summed E-state index contributed by atoms with van der Waals surface area (Å²) in [6.45, 7) is 3.79. The third-order valence-corrected chi connectivity index (χ3v) is 5.36. The Labute approximate surface area is 170 Å². The third kappa shape index (κ3) is 5.77. The van der Waals surface area contributed by atoms with Gasteiger partial charge in [0.05, 0.1) is 23.2 Å². The lowest BCUT2D eigenvalue weighted by atomic mass is 10.1. The van der Waals surface area contributed by atoms with Crippen LogP contribution < -0.4 is 14.9 Å². The van der Waals surface area contributed by atoms with Crippen molar-refractivity contribution in [3.05, 3.63) is 59.9 Å². The number of nitrogens with one attached hydrogen (secondary N) is 2. The van der Waals surface area contributed by atoms with Crippen LogP contribution in [0, 0.1) is 5.82 Å². The molecule has 0 saturated heterocycles. The molecule has 2 aromatic carbocycles. The zero-order valence-electron chi connectivity index (χ0n) is 16.5. The van der Waals surface area contributed by atoms with Crippen LogP contribution in [0.15, 0.2) is 48.5 Å². The third-order valence-electron chi connectivity index (χ3n) is 4.12. The Morgan fingerprint density at radius 1 is 1.14 bits per heavy atom. The van der Waals surface area contributed by atoms with Crippen LogP contribution in [0.5, 0.6) is 0 Å². The minimum absolute atomic E-state index is 0.0316. The van der Waals surface area contributed by atoms with E-state index < -0.39 is 27.8 Å². The number of para-hydroxylation sites is 1. The van der Waals surface area contributed by atoms with Crippen molar-refractivity contribution in [3.63, 3.8) is 0 Å². The Morgan fingerprint density at radius 2 is 1.83 bits per heavy atom. The molecule has 0 fully saturated rings. The van der Waals surface area contributed by atoms with E-state index in [0.717, 1.165) is 23.0 Å². The summed E-state index contributed by atoms with van der Waals surface area (Å²) in [6.07, 6.45) is 1.70. The first-order chi connectivity index (χ1) is 13.6. The van der Waals surface area contributed by atoms with Gasteiger partial charge in [-0.05, 0) is 43.7 Å². The van der Waals surface area contributed by atoms with E-state index in [4.69, 9.17) is 0 Å². The van der Waals surface area contributed by atoms with Gasteiger partial charge >= 0.3 is 0 Å². The van der Waals surface area contributed by atoms with Crippen LogP contribution in [0.1, 0.15) is 30.6 Å². The molecule has 2 rings (SSSR count). The summed E-state index contributed by atoms with van der Waals surface area (Å²) in [5.41, 5.74) is 0.549. The molecule has 0 aliphatic heterocycles. The van der Waals surface area contributed by atoms with E-state index in [1.807, 2.05) is 6.92 Å². The van der Waals surface area contributed by atoms with Gasteiger partial charge in [0.15, 0.2) is 0 Å². The fraction of sp³-hybridized carbons (Fsp3) is 0.300. The van der Waals surface area contributed by atoms with E-state index in [-0.39, 0.29) is 22.8 Å². The van der Waals surface area contributed by atoms with Crippen molar-refractivity contribution in [2.75, 3.05) is 22.4 Å². The van der Waals surface area contributed by atoms with E-state index in [1.165, 1.54) is 25.1 Å². The molecule has 0 aliphatic rings. The highest BCUT2D eigenvalue weighted by molar-refractivity contribution is 7.92. The van der Waals surface area contributed by atoms with Gasteiger partial charge in [0, 0.05) is 6.54 Å². The van der Waals surface area contributed by atoms with Crippen LogP contribution in [0.3, 0.4) is 0 Å². The fourth-order valence-electron chi connectivity index (χ4n) is 2.78. The first-order valence-corrected chi connectivity index (χ1v) is 10.9. The van der Waals surface area contributed by atoms with Gasteiger partial charge in [-0.25, -0.2) is 12.8 Å². The van der Waals surface area contributed by atoms with Crippen LogP contribution in [0.25, 0.3) is 0 Å². The molecule has 1 atom stereocenters. The predicted molar refractivity (Wildman–Crippen MR) is 111 cm³/mol. The van der Waals surface area contributed by atoms with Crippen molar-refractivity contribution in [2.45, 2.75) is 26.3 Å². The molecule has 0 saturated carbocycles. The number of nitrogens with zero attached hydrogens (tertiary/aromatic N) is 1. The Balaban J connectivity index is 2.31. The number of carbonyl (C=O) groups is 2. The number of hydrogen-bond donors (Lipinski definition) is 2. The number of anilines is 2. The first kappa shape index (κ1) is 22.4. The number of rotatable bonds is 8. The maximum atomic E-state index is 13.6. The van der Waals surface area contributed by atoms with Gasteiger partial charge in [-0.1, -0.05) is 25.1 Å². The Kier molecular flexibility index (Phi) is 7.33. The van der Waals surface area contributed by atoms with Crippen molar-refractivity contribution in [1.82, 2.24) is 5.32 Å². The molecule has 29 heavy (non-hydrogen) atoms. The molecule has 0 aromatic heterocycles. The van der Waals surface area contributed by atoms with E-state index in [9.17, 15) is 22.4 Å². The quantitative estimate of drug-likeness (QED) is 0.685. The summed E-state index contributed by atoms with van der Waals surface area (Å²) >= 11 is 0. The van der Waals surface area contributed by atoms with Crippen LogP contribution >= 0.6 is 0 Å². The monoisotopic (exact) mass is 421 g/mol. The maximum Gasteiger partial charge on any atom is 0.253 e. The fourth-order valence-corrected chi connectivity index (χ4v) is 3.95. The number of sulfonamides is 1. The summed E-state index contributed by atoms with van der Waals surface area (Å²) in [7, 11) is -3.88. The van der Waals surface area contributed by atoms with Gasteiger partial charge in [-0.15, -0.1) is 0 Å². The van der Waals surface area contributed by atoms with Crippen LogP contribution in [-0.4, -0.2) is 39.1 Å². The number of benzene rings is 2. The van der Waals surface area contributed by atoms with Gasteiger partial charge in [-0.2, -0.15) is 0 Å². The molecule has 0 radical (unpaired) electrons. The van der Waals surface area contributed by atoms with Crippen molar-refractivity contribution in [2.24, 2.45) is 0 Å². The normalized spacial score (nSPS) is 12.1. The molecule has 2 aromatic rings. The highest BCUT2D eigenvalue weighted by Crippen LogP contribution is 2.23. The standard InChI is InChI=1S/C20H24FN3O4S/c1-4-12-22-20(26)17-10-5-6-11-18(17)23-19(25)14(2)24(29(3,27)28)16-9-7-8-15(21)13-16/h5-11,13-14H,4,12H2,1-3H3,(H,22,26)(H,23,25)/t14-/m1/s1. The molecular formula is C20H24FN3O4S. The van der Waals surface area contributed by atoms with E-state index in [1.54, 1.807) is 24.3 Å². The molecule has 0 unspecified atom stereocenters. The molecule has 156 valence electrons. The molecule has 0 heterocycles. The topological polar surface area (TPSA) is 95.6 Å². The van der Waals surface area contributed by atoms with Crippen LogP contribution in [0.2, 0.25) is 0 Å². The van der Waals surface area contributed by atoms with E-state index in [2.05, 4.69) is 10.6 Å². The zero-order chi connectivity index (χ0) is 21.6. The SMILES string of the molecule is CCCNC(=O)c1ccccc1NC(=O)[C@@H](C)N(c1cccc(F)c1)S(C)(=O)=O. The molecular weight excluding hydrogens is 397 g/mol. The van der Waals surface area contributed by atoms with Crippen LogP contribution in [0.4, 0.5) is 15.8 Å². The van der Waals surface area contributed by atoms with Gasteiger partial charge < -0.3 is 10.6 Å². The van der Waals surface area contributed by atoms with Crippen molar-refractivity contribution in [1.29, 1.82) is 0 Å². The maximum absolute atomic E-state index is 13.6. The summed E-state index contributed by atoms with van der Waals surface area (Å²) in [5, 5.41) is 5.34. The Morgan fingerprint density at radius 3 is 2.45 bits per heavy atom. The van der Waals surface area contributed by atoms with Crippen molar-refractivity contribution in [3.8, 4) is 0 Å². The summed E-state index contributed by atoms with van der Waals surface area (Å²) in [4.78, 5) is 25.1. The molecule has 0 spiro atoms. The molecule has 9 heteroatoms. The number of amides is 2. The smallest absolute Gasteiger partial charge is 0.253 e. The first-order valence-electron chi connectivity index (χ1n) is 9.08. The summed E-state index contributed by atoms with van der Waals surface area (Å²) in [6, 6.07) is 10.2. The molecule has 0 bridgehead atoms. The second kappa shape index (κ2) is 9.51. The minimum atomic E-state index is -3.88. The van der Waals surface area contributed by atoms with E-state index >= 15 is 0 Å².